The van der Waals surface area contributed by atoms with Crippen molar-refractivity contribution < 1.29 is 4.79 Å². The van der Waals surface area contributed by atoms with Crippen molar-refractivity contribution in [1.82, 2.24) is 10.3 Å². The predicted molar refractivity (Wildman–Crippen MR) is 78.6 cm³/mol. The van der Waals surface area contributed by atoms with Crippen molar-refractivity contribution in [3.8, 4) is 0 Å². The van der Waals surface area contributed by atoms with Gasteiger partial charge in [-0.05, 0) is 37.9 Å². The number of para-hydroxylation sites is 1. The Labute approximate surface area is 116 Å². The molecule has 1 amide bonds. The molecular weight excluding hydrogens is 258 g/mol. The van der Waals surface area contributed by atoms with Crippen LogP contribution in [0.5, 0.6) is 0 Å². The lowest BCUT2D eigenvalue weighted by molar-refractivity contribution is -0.120. The summed E-state index contributed by atoms with van der Waals surface area (Å²) < 4.78 is 1.12. The van der Waals surface area contributed by atoms with Crippen LogP contribution in [-0.4, -0.2) is 24.0 Å². The van der Waals surface area contributed by atoms with Crippen LogP contribution in [0, 0.1) is 12.8 Å². The largest absolute Gasteiger partial charge is 0.316 e. The zero-order chi connectivity index (χ0) is 13.2. The second-order valence-corrected chi connectivity index (χ2v) is 6.00. The van der Waals surface area contributed by atoms with Gasteiger partial charge in [0.15, 0.2) is 5.13 Å². The first-order chi connectivity index (χ1) is 9.24. The Hall–Kier alpha value is -1.46. The Kier molecular flexibility index (Phi) is 3.48. The van der Waals surface area contributed by atoms with Crippen LogP contribution in [0.15, 0.2) is 18.2 Å². The van der Waals surface area contributed by atoms with Crippen molar-refractivity contribution in [2.45, 2.75) is 19.8 Å². The molecule has 3 rings (SSSR count). The lowest BCUT2D eigenvalue weighted by Gasteiger charge is -2.21. The van der Waals surface area contributed by atoms with Crippen LogP contribution in [0.25, 0.3) is 10.2 Å². The van der Waals surface area contributed by atoms with E-state index in [1.807, 2.05) is 25.1 Å². The Bertz CT molecular complexity index is 602. The van der Waals surface area contributed by atoms with E-state index in [-0.39, 0.29) is 11.8 Å². The standard InChI is InChI=1S/C14H17N3OS/c1-9-4-2-6-11-12(9)16-14(19-11)17-13(18)10-5-3-7-15-8-10/h2,4,6,10,15H,3,5,7-8H2,1H3,(H,16,17,18). The number of rotatable bonds is 2. The molecule has 0 bridgehead atoms. The normalized spacial score (nSPS) is 19.5. The summed E-state index contributed by atoms with van der Waals surface area (Å²) in [5, 5.41) is 6.92. The fourth-order valence-electron chi connectivity index (χ4n) is 2.42. The van der Waals surface area contributed by atoms with E-state index in [2.05, 4.69) is 15.6 Å². The molecule has 0 radical (unpaired) electrons. The van der Waals surface area contributed by atoms with E-state index in [1.165, 1.54) is 0 Å². The molecule has 1 fully saturated rings. The number of nitrogens with one attached hydrogen (secondary N) is 2. The summed E-state index contributed by atoms with van der Waals surface area (Å²) in [5.41, 5.74) is 2.14. The van der Waals surface area contributed by atoms with Gasteiger partial charge in [0.2, 0.25) is 5.91 Å². The molecule has 1 atom stereocenters. The summed E-state index contributed by atoms with van der Waals surface area (Å²) in [6.45, 7) is 3.83. The molecule has 19 heavy (non-hydrogen) atoms. The highest BCUT2D eigenvalue weighted by Gasteiger charge is 2.21. The number of piperidine rings is 1. The summed E-state index contributed by atoms with van der Waals surface area (Å²) in [4.78, 5) is 16.7. The van der Waals surface area contributed by atoms with Crippen molar-refractivity contribution in [2.75, 3.05) is 18.4 Å². The third kappa shape index (κ3) is 2.62. The van der Waals surface area contributed by atoms with E-state index >= 15 is 0 Å². The van der Waals surface area contributed by atoms with Crippen molar-refractivity contribution in [2.24, 2.45) is 5.92 Å². The molecular formula is C14H17N3OS. The molecule has 1 aromatic heterocycles. The first-order valence-electron chi connectivity index (χ1n) is 6.62. The van der Waals surface area contributed by atoms with Gasteiger partial charge in [-0.3, -0.25) is 4.79 Å². The van der Waals surface area contributed by atoms with Crippen LogP contribution in [0.4, 0.5) is 5.13 Å². The second-order valence-electron chi connectivity index (χ2n) is 4.97. The van der Waals surface area contributed by atoms with Crippen LogP contribution < -0.4 is 10.6 Å². The third-order valence-corrected chi connectivity index (χ3v) is 4.45. The summed E-state index contributed by atoms with van der Waals surface area (Å²) in [6.07, 6.45) is 2.03. The Morgan fingerprint density at radius 3 is 3.16 bits per heavy atom. The summed E-state index contributed by atoms with van der Waals surface area (Å²) in [6, 6.07) is 6.10. The number of nitrogens with zero attached hydrogens (tertiary/aromatic N) is 1. The number of aryl methyl sites for hydroxylation is 1. The zero-order valence-corrected chi connectivity index (χ0v) is 11.7. The molecule has 0 aliphatic carbocycles. The number of thiazole rings is 1. The number of hydrogen-bond donors (Lipinski definition) is 2. The minimum absolute atomic E-state index is 0.0712. The minimum Gasteiger partial charge on any atom is -0.316 e. The van der Waals surface area contributed by atoms with Crippen LogP contribution in [0.2, 0.25) is 0 Å². The second kappa shape index (κ2) is 5.27. The Balaban J connectivity index is 1.77. The maximum absolute atomic E-state index is 12.1. The monoisotopic (exact) mass is 275 g/mol. The molecule has 1 saturated heterocycles. The summed E-state index contributed by atoms with van der Waals surface area (Å²) in [5.74, 6) is 0.158. The fourth-order valence-corrected chi connectivity index (χ4v) is 3.37. The molecule has 2 N–H and O–H groups in total. The lowest BCUT2D eigenvalue weighted by atomic mass is 9.99. The number of carbonyl (C=O) groups excluding carboxylic acids is 1. The quantitative estimate of drug-likeness (QED) is 0.885. The highest BCUT2D eigenvalue weighted by Crippen LogP contribution is 2.28. The van der Waals surface area contributed by atoms with E-state index in [1.54, 1.807) is 11.3 Å². The topological polar surface area (TPSA) is 54.0 Å². The summed E-state index contributed by atoms with van der Waals surface area (Å²) >= 11 is 1.54. The molecule has 1 unspecified atom stereocenters. The highest BCUT2D eigenvalue weighted by molar-refractivity contribution is 7.22. The third-order valence-electron chi connectivity index (χ3n) is 3.52. The molecule has 5 heteroatoms. The van der Waals surface area contributed by atoms with E-state index < -0.39 is 0 Å². The fraction of sp³-hybridized carbons (Fsp3) is 0.429. The van der Waals surface area contributed by atoms with Crippen molar-refractivity contribution in [3.63, 3.8) is 0 Å². The van der Waals surface area contributed by atoms with Gasteiger partial charge in [-0.25, -0.2) is 4.98 Å². The number of aromatic nitrogens is 1. The van der Waals surface area contributed by atoms with Gasteiger partial charge >= 0.3 is 0 Å². The van der Waals surface area contributed by atoms with Gasteiger partial charge in [-0.2, -0.15) is 0 Å². The van der Waals surface area contributed by atoms with E-state index in [0.29, 0.717) is 5.13 Å². The van der Waals surface area contributed by atoms with E-state index in [4.69, 9.17) is 0 Å². The van der Waals surface area contributed by atoms with Crippen LogP contribution in [0.3, 0.4) is 0 Å². The van der Waals surface area contributed by atoms with Gasteiger partial charge in [-0.1, -0.05) is 23.5 Å². The van der Waals surface area contributed by atoms with Gasteiger partial charge in [-0.15, -0.1) is 0 Å². The number of carbonyl (C=O) groups is 1. The van der Waals surface area contributed by atoms with Crippen LogP contribution in [0.1, 0.15) is 18.4 Å². The molecule has 1 aromatic carbocycles. The maximum atomic E-state index is 12.1. The van der Waals surface area contributed by atoms with Gasteiger partial charge < -0.3 is 10.6 Å². The number of amides is 1. The first-order valence-corrected chi connectivity index (χ1v) is 7.43. The maximum Gasteiger partial charge on any atom is 0.230 e. The molecule has 1 aliphatic rings. The smallest absolute Gasteiger partial charge is 0.230 e. The first kappa shape index (κ1) is 12.6. The Morgan fingerprint density at radius 1 is 1.53 bits per heavy atom. The molecule has 2 heterocycles. The van der Waals surface area contributed by atoms with E-state index in [0.717, 1.165) is 41.7 Å². The SMILES string of the molecule is Cc1cccc2sc(NC(=O)C3CCCNC3)nc12. The van der Waals surface area contributed by atoms with Crippen molar-refractivity contribution >= 4 is 32.6 Å². The average molecular weight is 275 g/mol. The van der Waals surface area contributed by atoms with Crippen molar-refractivity contribution in [3.05, 3.63) is 23.8 Å². The number of anilines is 1. The molecule has 2 aromatic rings. The average Bonchev–Trinajstić information content (AvgIpc) is 2.84. The number of hydrogen-bond acceptors (Lipinski definition) is 4. The number of benzene rings is 1. The Morgan fingerprint density at radius 2 is 2.42 bits per heavy atom. The zero-order valence-electron chi connectivity index (χ0n) is 10.9. The van der Waals surface area contributed by atoms with Gasteiger partial charge in [0.1, 0.15) is 0 Å². The van der Waals surface area contributed by atoms with Gasteiger partial charge in [0, 0.05) is 6.54 Å². The molecule has 0 saturated carbocycles. The summed E-state index contributed by atoms with van der Waals surface area (Å²) in [7, 11) is 0. The molecule has 100 valence electrons. The molecule has 1 aliphatic heterocycles. The van der Waals surface area contributed by atoms with Gasteiger partial charge in [0.05, 0.1) is 16.1 Å². The van der Waals surface area contributed by atoms with Crippen molar-refractivity contribution in [1.29, 1.82) is 0 Å². The molecule has 0 spiro atoms. The minimum atomic E-state index is 0.0712. The van der Waals surface area contributed by atoms with E-state index in [9.17, 15) is 4.79 Å². The van der Waals surface area contributed by atoms with Crippen LogP contribution >= 0.6 is 11.3 Å². The predicted octanol–water partition coefficient (Wildman–Crippen LogP) is 2.54. The highest BCUT2D eigenvalue weighted by atomic mass is 32.1. The molecule has 4 nitrogen and oxygen atoms in total. The van der Waals surface area contributed by atoms with Crippen LogP contribution in [-0.2, 0) is 4.79 Å². The van der Waals surface area contributed by atoms with Gasteiger partial charge in [0.25, 0.3) is 0 Å². The number of fused-ring (bicyclic) bond motifs is 1. The lowest BCUT2D eigenvalue weighted by Crippen LogP contribution is -2.37.